The number of hydrogen-bond donors (Lipinski definition) is 1. The zero-order chi connectivity index (χ0) is 14.0. The van der Waals surface area contributed by atoms with Crippen LogP contribution in [-0.2, 0) is 5.41 Å². The third-order valence-electron chi connectivity index (χ3n) is 4.23. The molecule has 0 radical (unpaired) electrons. The molecule has 2 N–H and O–H groups in total. The van der Waals surface area contributed by atoms with Gasteiger partial charge in [-0.1, -0.05) is 49.6 Å². The van der Waals surface area contributed by atoms with Gasteiger partial charge in [-0.15, -0.1) is 0 Å². The van der Waals surface area contributed by atoms with E-state index in [2.05, 4.69) is 62.9 Å². The molecule has 0 saturated heterocycles. The van der Waals surface area contributed by atoms with E-state index in [1.165, 1.54) is 24.8 Å². The minimum Gasteiger partial charge on any atom is -0.383 e. The van der Waals surface area contributed by atoms with Crippen LogP contribution >= 0.6 is 22.6 Å². The van der Waals surface area contributed by atoms with Gasteiger partial charge in [0.05, 0.1) is 8.99 Å². The Bertz CT molecular complexity index is 592. The van der Waals surface area contributed by atoms with Gasteiger partial charge in [0.1, 0.15) is 11.6 Å². The van der Waals surface area contributed by atoms with Crippen LogP contribution in [-0.4, -0.2) is 9.97 Å². The van der Waals surface area contributed by atoms with E-state index in [1.54, 1.807) is 0 Å². The normalized spacial score (nSPS) is 17.9. The first-order valence-electron chi connectivity index (χ1n) is 7.06. The average Bonchev–Trinajstić information content (AvgIpc) is 2.51. The first-order valence-corrected chi connectivity index (χ1v) is 8.14. The highest BCUT2D eigenvalue weighted by Gasteiger charge is 2.38. The van der Waals surface area contributed by atoms with E-state index in [9.17, 15) is 0 Å². The molecule has 0 unspecified atom stereocenters. The molecule has 1 aliphatic rings. The molecule has 20 heavy (non-hydrogen) atoms. The molecule has 1 aliphatic carbocycles. The molecule has 3 rings (SSSR count). The Morgan fingerprint density at radius 1 is 1.05 bits per heavy atom. The topological polar surface area (TPSA) is 51.8 Å². The highest BCUT2D eigenvalue weighted by molar-refractivity contribution is 14.1. The molecular formula is C16H18IN3. The molecule has 0 bridgehead atoms. The van der Waals surface area contributed by atoms with E-state index in [1.807, 2.05) is 6.20 Å². The number of aromatic nitrogens is 2. The summed E-state index contributed by atoms with van der Waals surface area (Å²) in [5, 5.41) is 0. The lowest BCUT2D eigenvalue weighted by atomic mass is 9.69. The van der Waals surface area contributed by atoms with Gasteiger partial charge < -0.3 is 5.73 Å². The summed E-state index contributed by atoms with van der Waals surface area (Å²) >= 11 is 2.18. The van der Waals surface area contributed by atoms with E-state index in [-0.39, 0.29) is 5.41 Å². The fourth-order valence-electron chi connectivity index (χ4n) is 3.16. The smallest absolute Gasteiger partial charge is 0.141 e. The molecule has 0 spiro atoms. The standard InChI is InChI=1S/C16H18IN3/c17-13-11-19-15(20-14(13)18)16(9-5-2-6-10-16)12-7-3-1-4-8-12/h1,3-4,7-8,11H,2,5-6,9-10H2,(H2,18,19,20). The molecule has 1 aromatic heterocycles. The molecule has 2 aromatic rings. The number of benzene rings is 1. The van der Waals surface area contributed by atoms with Crippen molar-refractivity contribution in [2.45, 2.75) is 37.5 Å². The van der Waals surface area contributed by atoms with Gasteiger partial charge in [0.25, 0.3) is 0 Å². The van der Waals surface area contributed by atoms with Crippen molar-refractivity contribution in [1.29, 1.82) is 0 Å². The van der Waals surface area contributed by atoms with Crippen molar-refractivity contribution in [2.75, 3.05) is 5.73 Å². The molecular weight excluding hydrogens is 361 g/mol. The minimum absolute atomic E-state index is 0.0576. The monoisotopic (exact) mass is 379 g/mol. The number of rotatable bonds is 2. The highest BCUT2D eigenvalue weighted by atomic mass is 127. The minimum atomic E-state index is -0.0576. The van der Waals surface area contributed by atoms with Crippen molar-refractivity contribution >= 4 is 28.4 Å². The largest absolute Gasteiger partial charge is 0.383 e. The molecule has 1 saturated carbocycles. The van der Waals surface area contributed by atoms with E-state index in [0.717, 1.165) is 22.2 Å². The Morgan fingerprint density at radius 3 is 2.40 bits per heavy atom. The summed E-state index contributed by atoms with van der Waals surface area (Å²) in [5.41, 5.74) is 7.27. The SMILES string of the molecule is Nc1nc(C2(c3ccccc3)CCCCC2)ncc1I. The molecule has 1 fully saturated rings. The van der Waals surface area contributed by atoms with E-state index >= 15 is 0 Å². The number of nitrogens with two attached hydrogens (primary N) is 1. The summed E-state index contributed by atoms with van der Waals surface area (Å²) in [7, 11) is 0. The molecule has 1 aromatic carbocycles. The van der Waals surface area contributed by atoms with Crippen molar-refractivity contribution in [3.8, 4) is 0 Å². The van der Waals surface area contributed by atoms with Crippen LogP contribution in [0.4, 0.5) is 5.82 Å². The van der Waals surface area contributed by atoms with Gasteiger partial charge in [0, 0.05) is 6.20 Å². The molecule has 4 heteroatoms. The predicted octanol–water partition coefficient (Wildman–Crippen LogP) is 3.91. The summed E-state index contributed by atoms with van der Waals surface area (Å²) in [6.07, 6.45) is 7.81. The van der Waals surface area contributed by atoms with Crippen LogP contribution in [0.1, 0.15) is 43.5 Å². The van der Waals surface area contributed by atoms with Gasteiger partial charge in [-0.25, -0.2) is 9.97 Å². The van der Waals surface area contributed by atoms with Crippen molar-refractivity contribution in [2.24, 2.45) is 0 Å². The maximum absolute atomic E-state index is 6.01. The Kier molecular flexibility index (Phi) is 3.92. The molecule has 104 valence electrons. The summed E-state index contributed by atoms with van der Waals surface area (Å²) in [6.45, 7) is 0. The quantitative estimate of drug-likeness (QED) is 0.805. The first kappa shape index (κ1) is 13.8. The lowest BCUT2D eigenvalue weighted by Crippen LogP contribution is -2.33. The van der Waals surface area contributed by atoms with E-state index in [4.69, 9.17) is 5.73 Å². The van der Waals surface area contributed by atoms with Crippen molar-refractivity contribution in [1.82, 2.24) is 9.97 Å². The lowest BCUT2D eigenvalue weighted by Gasteiger charge is -2.36. The highest BCUT2D eigenvalue weighted by Crippen LogP contribution is 2.43. The van der Waals surface area contributed by atoms with Crippen LogP contribution in [0.25, 0.3) is 0 Å². The summed E-state index contributed by atoms with van der Waals surface area (Å²) in [6, 6.07) is 10.7. The summed E-state index contributed by atoms with van der Waals surface area (Å²) < 4.78 is 0.922. The van der Waals surface area contributed by atoms with Gasteiger partial charge in [-0.3, -0.25) is 0 Å². The lowest BCUT2D eigenvalue weighted by molar-refractivity contribution is 0.330. The van der Waals surface area contributed by atoms with Gasteiger partial charge >= 0.3 is 0 Å². The zero-order valence-electron chi connectivity index (χ0n) is 11.3. The van der Waals surface area contributed by atoms with Crippen LogP contribution < -0.4 is 5.73 Å². The second-order valence-electron chi connectivity index (χ2n) is 5.44. The average molecular weight is 379 g/mol. The Labute approximate surface area is 133 Å². The Balaban J connectivity index is 2.12. The van der Waals surface area contributed by atoms with Crippen molar-refractivity contribution in [3.63, 3.8) is 0 Å². The Morgan fingerprint density at radius 2 is 1.75 bits per heavy atom. The molecule has 0 atom stereocenters. The van der Waals surface area contributed by atoms with E-state index < -0.39 is 0 Å². The maximum Gasteiger partial charge on any atom is 0.141 e. The van der Waals surface area contributed by atoms with Gasteiger partial charge in [0.15, 0.2) is 0 Å². The third kappa shape index (κ3) is 2.41. The molecule has 3 nitrogen and oxygen atoms in total. The van der Waals surface area contributed by atoms with Gasteiger partial charge in [0.2, 0.25) is 0 Å². The van der Waals surface area contributed by atoms with Crippen molar-refractivity contribution < 1.29 is 0 Å². The number of hydrogen-bond acceptors (Lipinski definition) is 3. The number of halogens is 1. The van der Waals surface area contributed by atoms with E-state index in [0.29, 0.717) is 5.82 Å². The number of anilines is 1. The molecule has 0 aliphatic heterocycles. The first-order chi connectivity index (χ1) is 9.72. The van der Waals surface area contributed by atoms with Gasteiger partial charge in [-0.2, -0.15) is 0 Å². The third-order valence-corrected chi connectivity index (χ3v) is 5.06. The Hall–Kier alpha value is -1.17. The van der Waals surface area contributed by atoms with Crippen LogP contribution in [0.2, 0.25) is 0 Å². The second kappa shape index (κ2) is 5.68. The number of nitrogen functional groups attached to an aromatic ring is 1. The van der Waals surface area contributed by atoms with Crippen LogP contribution in [0.3, 0.4) is 0 Å². The van der Waals surface area contributed by atoms with Crippen LogP contribution in [0.15, 0.2) is 36.5 Å². The maximum atomic E-state index is 6.01. The van der Waals surface area contributed by atoms with Crippen molar-refractivity contribution in [3.05, 3.63) is 51.5 Å². The predicted molar refractivity (Wildman–Crippen MR) is 89.5 cm³/mol. The van der Waals surface area contributed by atoms with Crippen LogP contribution in [0.5, 0.6) is 0 Å². The fourth-order valence-corrected chi connectivity index (χ4v) is 3.42. The fraction of sp³-hybridized carbons (Fsp3) is 0.375. The molecule has 1 heterocycles. The van der Waals surface area contributed by atoms with Gasteiger partial charge in [-0.05, 0) is 41.0 Å². The zero-order valence-corrected chi connectivity index (χ0v) is 13.5. The molecule has 0 amide bonds. The summed E-state index contributed by atoms with van der Waals surface area (Å²) in [4.78, 5) is 9.22. The number of nitrogens with zero attached hydrogens (tertiary/aromatic N) is 2. The van der Waals surface area contributed by atoms with Crippen LogP contribution in [0, 0.1) is 3.57 Å². The second-order valence-corrected chi connectivity index (χ2v) is 6.60. The summed E-state index contributed by atoms with van der Waals surface area (Å²) in [5.74, 6) is 1.48.